The van der Waals surface area contributed by atoms with Crippen molar-refractivity contribution < 1.29 is 14.3 Å². The highest BCUT2D eigenvalue weighted by Crippen LogP contribution is 2.20. The van der Waals surface area contributed by atoms with Gasteiger partial charge < -0.3 is 9.67 Å². The van der Waals surface area contributed by atoms with E-state index in [2.05, 4.69) is 5.10 Å². The van der Waals surface area contributed by atoms with Gasteiger partial charge in [0.1, 0.15) is 17.2 Å². The first-order valence-electron chi connectivity index (χ1n) is 6.06. The molecule has 106 valence electrons. The second kappa shape index (κ2) is 4.55. The highest BCUT2D eigenvalue weighted by molar-refractivity contribution is 5.86. The summed E-state index contributed by atoms with van der Waals surface area (Å²) in [5.41, 5.74) is 0.528. The Morgan fingerprint density at radius 2 is 2.05 bits per heavy atom. The van der Waals surface area contributed by atoms with E-state index in [-0.39, 0.29) is 5.69 Å². The summed E-state index contributed by atoms with van der Waals surface area (Å²) in [5, 5.41) is 13.2. The lowest BCUT2D eigenvalue weighted by atomic mass is 10.1. The number of aromatic carboxylic acids is 1. The lowest BCUT2D eigenvalue weighted by Gasteiger charge is -2.05. The second-order valence-electron chi connectivity index (χ2n) is 4.54. The molecular formula is C14H10FN3O3. The molecule has 2 aromatic heterocycles. The molecule has 7 heteroatoms. The number of halogens is 1. The van der Waals surface area contributed by atoms with Crippen LogP contribution in [0, 0.1) is 5.82 Å². The second-order valence-corrected chi connectivity index (χ2v) is 4.54. The predicted molar refractivity (Wildman–Crippen MR) is 72.8 cm³/mol. The first kappa shape index (κ1) is 13.0. The topological polar surface area (TPSA) is 76.6 Å². The van der Waals surface area contributed by atoms with E-state index in [1.165, 1.54) is 29.8 Å². The molecule has 0 radical (unpaired) electrons. The fraction of sp³-hybridized carbons (Fsp3) is 0.0714. The van der Waals surface area contributed by atoms with Crippen LogP contribution in [0.2, 0.25) is 0 Å². The minimum absolute atomic E-state index is 0.141. The third-order valence-corrected chi connectivity index (χ3v) is 3.20. The fourth-order valence-corrected chi connectivity index (χ4v) is 2.16. The Hall–Kier alpha value is -2.96. The number of rotatable bonds is 2. The highest BCUT2D eigenvalue weighted by atomic mass is 19.1. The molecule has 0 unspecified atom stereocenters. The van der Waals surface area contributed by atoms with Gasteiger partial charge >= 0.3 is 5.97 Å². The molecule has 3 rings (SSSR count). The molecule has 0 fully saturated rings. The molecule has 0 aliphatic rings. The van der Waals surface area contributed by atoms with Crippen molar-refractivity contribution in [2.45, 2.75) is 0 Å². The number of hydrogen-bond acceptors (Lipinski definition) is 3. The molecule has 0 aliphatic heterocycles. The van der Waals surface area contributed by atoms with Crippen LogP contribution < -0.4 is 5.56 Å². The monoisotopic (exact) mass is 287 g/mol. The first-order valence-corrected chi connectivity index (χ1v) is 6.06. The zero-order valence-corrected chi connectivity index (χ0v) is 10.9. The Balaban J connectivity index is 2.30. The van der Waals surface area contributed by atoms with E-state index in [0.717, 1.165) is 10.6 Å². The standard InChI is InChI=1S/C14H10FN3O3/c1-17-11(14(20)21)7-13(19)18-12(17)6-10(16-18)8-3-2-4-9(15)5-8/h2-7H,1H3,(H,20,21). The largest absolute Gasteiger partial charge is 0.477 e. The van der Waals surface area contributed by atoms with Gasteiger partial charge in [-0.15, -0.1) is 0 Å². The number of aryl methyl sites for hydroxylation is 1. The van der Waals surface area contributed by atoms with Gasteiger partial charge in [-0.2, -0.15) is 9.61 Å². The third-order valence-electron chi connectivity index (χ3n) is 3.20. The zero-order valence-electron chi connectivity index (χ0n) is 10.9. The summed E-state index contributed by atoms with van der Waals surface area (Å²) in [4.78, 5) is 23.0. The Morgan fingerprint density at radius 3 is 2.71 bits per heavy atom. The number of carboxylic acid groups (broad SMARTS) is 1. The summed E-state index contributed by atoms with van der Waals surface area (Å²) >= 11 is 0. The van der Waals surface area contributed by atoms with E-state index in [1.54, 1.807) is 12.1 Å². The van der Waals surface area contributed by atoms with Crippen LogP contribution in [0.4, 0.5) is 4.39 Å². The number of aromatic nitrogens is 3. The van der Waals surface area contributed by atoms with E-state index in [0.29, 0.717) is 16.9 Å². The van der Waals surface area contributed by atoms with E-state index < -0.39 is 17.3 Å². The Morgan fingerprint density at radius 1 is 1.29 bits per heavy atom. The number of fused-ring (bicyclic) bond motifs is 1. The number of benzene rings is 1. The van der Waals surface area contributed by atoms with Crippen molar-refractivity contribution in [3.05, 3.63) is 58.3 Å². The van der Waals surface area contributed by atoms with Crippen LogP contribution in [0.25, 0.3) is 16.9 Å². The Labute approximate surface area is 117 Å². The lowest BCUT2D eigenvalue weighted by molar-refractivity contribution is 0.0685. The van der Waals surface area contributed by atoms with Crippen molar-refractivity contribution in [3.8, 4) is 11.3 Å². The van der Waals surface area contributed by atoms with Crippen LogP contribution in [0.3, 0.4) is 0 Å². The van der Waals surface area contributed by atoms with Gasteiger partial charge in [-0.3, -0.25) is 4.79 Å². The molecule has 3 aromatic rings. The molecule has 21 heavy (non-hydrogen) atoms. The normalized spacial score (nSPS) is 11.0. The van der Waals surface area contributed by atoms with Crippen molar-refractivity contribution in [2.75, 3.05) is 0 Å². The van der Waals surface area contributed by atoms with Crippen LogP contribution in [0.15, 0.2) is 41.2 Å². The molecule has 0 saturated carbocycles. The van der Waals surface area contributed by atoms with Crippen LogP contribution in [-0.4, -0.2) is 25.3 Å². The maximum Gasteiger partial charge on any atom is 0.352 e. The average molecular weight is 287 g/mol. The van der Waals surface area contributed by atoms with Crippen LogP contribution >= 0.6 is 0 Å². The van der Waals surface area contributed by atoms with E-state index in [4.69, 9.17) is 5.11 Å². The maximum atomic E-state index is 13.3. The molecule has 0 aliphatic carbocycles. The molecule has 6 nitrogen and oxygen atoms in total. The predicted octanol–water partition coefficient (Wildman–Crippen LogP) is 1.54. The Bertz CT molecular complexity index is 927. The molecule has 1 N–H and O–H groups in total. The zero-order chi connectivity index (χ0) is 15.1. The van der Waals surface area contributed by atoms with Crippen molar-refractivity contribution in [1.29, 1.82) is 0 Å². The van der Waals surface area contributed by atoms with E-state index in [9.17, 15) is 14.0 Å². The quantitative estimate of drug-likeness (QED) is 0.775. The first-order chi connectivity index (χ1) is 9.97. The summed E-state index contributed by atoms with van der Waals surface area (Å²) in [6.45, 7) is 0. The van der Waals surface area contributed by atoms with Crippen LogP contribution in [0.5, 0.6) is 0 Å². The number of nitrogens with zero attached hydrogens (tertiary/aromatic N) is 3. The lowest BCUT2D eigenvalue weighted by Crippen LogP contribution is -2.21. The fourth-order valence-electron chi connectivity index (χ4n) is 2.16. The molecule has 0 amide bonds. The molecule has 1 aromatic carbocycles. The average Bonchev–Trinajstić information content (AvgIpc) is 2.88. The van der Waals surface area contributed by atoms with Gasteiger partial charge in [0.15, 0.2) is 0 Å². The third kappa shape index (κ3) is 2.08. The van der Waals surface area contributed by atoms with Gasteiger partial charge in [-0.05, 0) is 12.1 Å². The smallest absolute Gasteiger partial charge is 0.352 e. The van der Waals surface area contributed by atoms with Gasteiger partial charge in [0.05, 0.1) is 5.69 Å². The summed E-state index contributed by atoms with van der Waals surface area (Å²) < 4.78 is 15.7. The van der Waals surface area contributed by atoms with Crippen molar-refractivity contribution in [1.82, 2.24) is 14.2 Å². The van der Waals surface area contributed by atoms with Gasteiger partial charge in [-0.1, -0.05) is 12.1 Å². The van der Waals surface area contributed by atoms with Crippen molar-refractivity contribution in [3.63, 3.8) is 0 Å². The summed E-state index contributed by atoms with van der Waals surface area (Å²) in [6.07, 6.45) is 0. The maximum absolute atomic E-state index is 13.3. The molecule has 0 atom stereocenters. The Kier molecular flexibility index (Phi) is 2.83. The van der Waals surface area contributed by atoms with E-state index in [1.807, 2.05) is 0 Å². The number of hydrogen-bond donors (Lipinski definition) is 1. The van der Waals surface area contributed by atoms with Gasteiger partial charge in [-0.25, -0.2) is 9.18 Å². The molecule has 0 bridgehead atoms. The molecule has 0 spiro atoms. The molecule has 0 saturated heterocycles. The van der Waals surface area contributed by atoms with Gasteiger partial charge in [0, 0.05) is 24.7 Å². The van der Waals surface area contributed by atoms with Gasteiger partial charge in [0.25, 0.3) is 5.56 Å². The summed E-state index contributed by atoms with van der Waals surface area (Å²) in [6, 6.07) is 8.34. The van der Waals surface area contributed by atoms with Crippen LogP contribution in [0.1, 0.15) is 10.5 Å². The minimum atomic E-state index is -1.20. The van der Waals surface area contributed by atoms with E-state index >= 15 is 0 Å². The van der Waals surface area contributed by atoms with Gasteiger partial charge in [0.2, 0.25) is 0 Å². The molecule has 2 heterocycles. The number of carbonyl (C=O) groups is 1. The summed E-state index contributed by atoms with van der Waals surface area (Å²) in [5.74, 6) is -1.62. The summed E-state index contributed by atoms with van der Waals surface area (Å²) in [7, 11) is 1.52. The minimum Gasteiger partial charge on any atom is -0.477 e. The van der Waals surface area contributed by atoms with Crippen molar-refractivity contribution >= 4 is 11.6 Å². The SMILES string of the molecule is Cn1c(C(=O)O)cc(=O)n2nc(-c3cccc(F)c3)cc12. The number of carboxylic acids is 1. The van der Waals surface area contributed by atoms with Crippen molar-refractivity contribution in [2.24, 2.45) is 7.05 Å². The molecular weight excluding hydrogens is 277 g/mol. The van der Waals surface area contributed by atoms with Crippen LogP contribution in [-0.2, 0) is 7.05 Å². The highest BCUT2D eigenvalue weighted by Gasteiger charge is 2.15.